The molecule has 4 saturated carbocycles. The van der Waals surface area contributed by atoms with Crippen LogP contribution in [0.5, 0.6) is 0 Å². The van der Waals surface area contributed by atoms with Crippen molar-refractivity contribution in [3.8, 4) is 0 Å². The first-order valence-corrected chi connectivity index (χ1v) is 7.46. The van der Waals surface area contributed by atoms with E-state index in [-0.39, 0.29) is 0 Å². The molecule has 0 spiro atoms. The molecule has 0 saturated heterocycles. The molecule has 2 heteroatoms. The number of amides is 1. The molecule has 0 heterocycles. The highest BCUT2D eigenvalue weighted by Gasteiger charge is 2.51. The van der Waals surface area contributed by atoms with Crippen LogP contribution in [0.4, 0.5) is 0 Å². The predicted molar refractivity (Wildman–Crippen MR) is 68.5 cm³/mol. The summed E-state index contributed by atoms with van der Waals surface area (Å²) in [5, 5.41) is 3.07. The van der Waals surface area contributed by atoms with E-state index in [0.29, 0.717) is 11.3 Å². The molecule has 4 aliphatic carbocycles. The van der Waals surface area contributed by atoms with Gasteiger partial charge in [0.25, 0.3) is 0 Å². The molecule has 2 nitrogen and oxygen atoms in total. The second kappa shape index (κ2) is 4.29. The Morgan fingerprint density at radius 2 is 1.65 bits per heavy atom. The largest absolute Gasteiger partial charge is 0.356 e. The number of carbonyl (C=O) groups is 1. The van der Waals surface area contributed by atoms with Gasteiger partial charge in [-0.25, -0.2) is 0 Å². The van der Waals surface area contributed by atoms with Crippen molar-refractivity contribution in [3.63, 3.8) is 0 Å². The van der Waals surface area contributed by atoms with Gasteiger partial charge in [-0.3, -0.25) is 4.79 Å². The van der Waals surface area contributed by atoms with E-state index in [2.05, 4.69) is 12.2 Å². The lowest BCUT2D eigenvalue weighted by molar-refractivity contribution is -0.129. The van der Waals surface area contributed by atoms with E-state index in [9.17, 15) is 4.79 Å². The summed E-state index contributed by atoms with van der Waals surface area (Å²) in [7, 11) is 0. The van der Waals surface area contributed by atoms with Crippen LogP contribution in [0.3, 0.4) is 0 Å². The molecular formula is C15H25NO. The third kappa shape index (κ3) is 2.23. The Morgan fingerprint density at radius 3 is 2.12 bits per heavy atom. The van der Waals surface area contributed by atoms with Gasteiger partial charge in [-0.1, -0.05) is 6.92 Å². The van der Waals surface area contributed by atoms with Crippen molar-refractivity contribution in [1.29, 1.82) is 0 Å². The van der Waals surface area contributed by atoms with Crippen LogP contribution in [0.2, 0.25) is 0 Å². The predicted octanol–water partition coefficient (Wildman–Crippen LogP) is 3.12. The van der Waals surface area contributed by atoms with Crippen molar-refractivity contribution in [1.82, 2.24) is 5.32 Å². The minimum absolute atomic E-state index is 0.314. The van der Waals surface area contributed by atoms with Gasteiger partial charge in [0.2, 0.25) is 5.91 Å². The molecule has 17 heavy (non-hydrogen) atoms. The molecule has 0 atom stereocenters. The van der Waals surface area contributed by atoms with E-state index in [0.717, 1.165) is 37.1 Å². The zero-order valence-corrected chi connectivity index (χ0v) is 11.0. The molecule has 96 valence electrons. The lowest BCUT2D eigenvalue weighted by Gasteiger charge is -2.56. The average molecular weight is 235 g/mol. The van der Waals surface area contributed by atoms with Gasteiger partial charge in [0.1, 0.15) is 0 Å². The zero-order valence-electron chi connectivity index (χ0n) is 11.0. The lowest BCUT2D eigenvalue weighted by atomic mass is 9.49. The van der Waals surface area contributed by atoms with Gasteiger partial charge in [-0.2, -0.15) is 0 Å². The van der Waals surface area contributed by atoms with Crippen molar-refractivity contribution in [2.45, 2.75) is 58.3 Å². The Morgan fingerprint density at radius 1 is 1.12 bits per heavy atom. The van der Waals surface area contributed by atoms with Crippen molar-refractivity contribution in [3.05, 3.63) is 0 Å². The fourth-order valence-corrected chi connectivity index (χ4v) is 5.17. The zero-order chi connectivity index (χ0) is 11.9. The molecule has 0 aliphatic heterocycles. The summed E-state index contributed by atoms with van der Waals surface area (Å²) in [6, 6.07) is 0. The van der Waals surface area contributed by atoms with Crippen molar-refractivity contribution in [2.75, 3.05) is 6.54 Å². The van der Waals surface area contributed by atoms with Crippen LogP contribution in [0.25, 0.3) is 0 Å². The third-order valence-electron chi connectivity index (χ3n) is 5.27. The van der Waals surface area contributed by atoms with E-state index >= 15 is 0 Å². The molecule has 0 radical (unpaired) electrons. The number of nitrogens with one attached hydrogen (secondary N) is 1. The van der Waals surface area contributed by atoms with Crippen molar-refractivity contribution >= 4 is 5.91 Å². The Bertz CT molecular complexity index is 275. The normalized spacial score (nSPS) is 42.8. The average Bonchev–Trinajstić information content (AvgIpc) is 2.23. The second-order valence-corrected chi connectivity index (χ2v) is 6.94. The summed E-state index contributed by atoms with van der Waals surface area (Å²) < 4.78 is 0. The minimum atomic E-state index is 0.314. The molecule has 0 aromatic rings. The van der Waals surface area contributed by atoms with Crippen LogP contribution in [-0.4, -0.2) is 12.5 Å². The maximum absolute atomic E-state index is 12.0. The number of hydrogen-bond donors (Lipinski definition) is 1. The SMILES string of the molecule is CCCNC(=O)CC12CC3CC(CC(C3)C1)C2. The van der Waals surface area contributed by atoms with E-state index in [1.807, 2.05) is 0 Å². The fraction of sp³-hybridized carbons (Fsp3) is 0.933. The molecule has 1 amide bonds. The molecular weight excluding hydrogens is 210 g/mol. The highest BCUT2D eigenvalue weighted by molar-refractivity contribution is 5.76. The summed E-state index contributed by atoms with van der Waals surface area (Å²) in [6.45, 7) is 2.97. The third-order valence-corrected chi connectivity index (χ3v) is 5.27. The summed E-state index contributed by atoms with van der Waals surface area (Å²) in [6.07, 6.45) is 10.3. The highest BCUT2D eigenvalue weighted by Crippen LogP contribution is 2.61. The Balaban J connectivity index is 1.64. The standard InChI is InChI=1S/C15H25NO/c1-2-3-16-14(17)10-15-7-11-4-12(8-15)6-13(5-11)9-15/h11-13H,2-10H2,1H3,(H,16,17). The molecule has 4 rings (SSSR count). The van der Waals surface area contributed by atoms with Gasteiger partial charge in [-0.05, 0) is 68.1 Å². The first-order chi connectivity index (χ1) is 8.19. The van der Waals surface area contributed by atoms with E-state index < -0.39 is 0 Å². The minimum Gasteiger partial charge on any atom is -0.356 e. The quantitative estimate of drug-likeness (QED) is 0.797. The fourth-order valence-electron chi connectivity index (χ4n) is 5.17. The van der Waals surface area contributed by atoms with Gasteiger partial charge >= 0.3 is 0 Å². The molecule has 4 bridgehead atoms. The number of hydrogen-bond acceptors (Lipinski definition) is 1. The van der Waals surface area contributed by atoms with Crippen molar-refractivity contribution < 1.29 is 4.79 Å². The highest BCUT2D eigenvalue weighted by atomic mass is 16.1. The van der Waals surface area contributed by atoms with Crippen LogP contribution in [-0.2, 0) is 4.79 Å². The summed E-state index contributed by atoms with van der Waals surface area (Å²) in [5.74, 6) is 3.19. The van der Waals surface area contributed by atoms with Crippen LogP contribution in [0, 0.1) is 23.2 Å². The maximum Gasteiger partial charge on any atom is 0.220 e. The van der Waals surface area contributed by atoms with Gasteiger partial charge in [0, 0.05) is 13.0 Å². The number of rotatable bonds is 4. The van der Waals surface area contributed by atoms with E-state index in [1.54, 1.807) is 0 Å². The molecule has 4 aliphatic rings. The van der Waals surface area contributed by atoms with Crippen LogP contribution in [0.1, 0.15) is 58.3 Å². The second-order valence-electron chi connectivity index (χ2n) is 6.94. The Labute approximate surface area is 105 Å². The van der Waals surface area contributed by atoms with Gasteiger partial charge < -0.3 is 5.32 Å². The monoisotopic (exact) mass is 235 g/mol. The molecule has 0 unspecified atom stereocenters. The number of carbonyl (C=O) groups excluding carboxylic acids is 1. The summed E-state index contributed by atoms with van der Waals surface area (Å²) in [4.78, 5) is 12.0. The van der Waals surface area contributed by atoms with Crippen LogP contribution in [0.15, 0.2) is 0 Å². The molecule has 0 aromatic heterocycles. The van der Waals surface area contributed by atoms with E-state index in [4.69, 9.17) is 0 Å². The molecule has 1 N–H and O–H groups in total. The lowest BCUT2D eigenvalue weighted by Crippen LogP contribution is -2.48. The maximum atomic E-state index is 12.0. The van der Waals surface area contributed by atoms with Crippen LogP contribution < -0.4 is 5.32 Å². The van der Waals surface area contributed by atoms with E-state index in [1.165, 1.54) is 38.5 Å². The first kappa shape index (κ1) is 11.6. The van der Waals surface area contributed by atoms with Crippen LogP contribution >= 0.6 is 0 Å². The summed E-state index contributed by atoms with van der Waals surface area (Å²) in [5.41, 5.74) is 0.409. The molecule has 4 fully saturated rings. The Hall–Kier alpha value is -0.530. The van der Waals surface area contributed by atoms with Gasteiger partial charge in [0.15, 0.2) is 0 Å². The Kier molecular flexibility index (Phi) is 2.92. The molecule has 0 aromatic carbocycles. The van der Waals surface area contributed by atoms with Gasteiger partial charge in [0.05, 0.1) is 0 Å². The topological polar surface area (TPSA) is 29.1 Å². The summed E-state index contributed by atoms with van der Waals surface area (Å²) >= 11 is 0. The van der Waals surface area contributed by atoms with Gasteiger partial charge in [-0.15, -0.1) is 0 Å². The smallest absolute Gasteiger partial charge is 0.220 e. The first-order valence-electron chi connectivity index (χ1n) is 7.46. The van der Waals surface area contributed by atoms with Crippen molar-refractivity contribution in [2.24, 2.45) is 23.2 Å².